The maximum atomic E-state index is 11.8. The van der Waals surface area contributed by atoms with E-state index in [-0.39, 0.29) is 11.9 Å². The lowest BCUT2D eigenvalue weighted by Gasteiger charge is -2.11. The van der Waals surface area contributed by atoms with Gasteiger partial charge in [-0.1, -0.05) is 29.3 Å². The van der Waals surface area contributed by atoms with Crippen LogP contribution in [0.4, 0.5) is 0 Å². The third-order valence-electron chi connectivity index (χ3n) is 2.84. The van der Waals surface area contributed by atoms with Gasteiger partial charge in [-0.05, 0) is 37.1 Å². The van der Waals surface area contributed by atoms with Crippen LogP contribution in [0.15, 0.2) is 18.2 Å². The van der Waals surface area contributed by atoms with Gasteiger partial charge in [0.1, 0.15) is 0 Å². The fourth-order valence-corrected chi connectivity index (χ4v) is 2.35. The van der Waals surface area contributed by atoms with Crippen molar-refractivity contribution < 1.29 is 4.79 Å². The molecule has 3 nitrogen and oxygen atoms in total. The Labute approximate surface area is 110 Å². The van der Waals surface area contributed by atoms with Crippen LogP contribution in [0.1, 0.15) is 18.4 Å². The molecule has 1 atom stereocenters. The second kappa shape index (κ2) is 5.71. The highest BCUT2D eigenvalue weighted by Crippen LogP contribution is 2.20. The second-order valence-corrected chi connectivity index (χ2v) is 4.95. The molecule has 0 spiro atoms. The molecule has 1 fully saturated rings. The zero-order valence-electron chi connectivity index (χ0n) is 9.30. The van der Waals surface area contributed by atoms with E-state index in [1.54, 1.807) is 12.1 Å². The monoisotopic (exact) mass is 272 g/mol. The summed E-state index contributed by atoms with van der Waals surface area (Å²) in [6, 6.07) is 5.22. The molecule has 1 aromatic carbocycles. The lowest BCUT2D eigenvalue weighted by molar-refractivity contribution is -0.122. The summed E-state index contributed by atoms with van der Waals surface area (Å²) < 4.78 is 0. The van der Waals surface area contributed by atoms with Crippen LogP contribution in [0.25, 0.3) is 0 Å². The number of hydrogen-bond donors (Lipinski definition) is 2. The van der Waals surface area contributed by atoms with E-state index in [0.717, 1.165) is 24.9 Å². The zero-order chi connectivity index (χ0) is 12.3. The van der Waals surface area contributed by atoms with E-state index in [0.29, 0.717) is 16.6 Å². The summed E-state index contributed by atoms with van der Waals surface area (Å²) in [6.07, 6.45) is 1.96. The summed E-state index contributed by atoms with van der Waals surface area (Å²) in [5, 5.41) is 7.20. The van der Waals surface area contributed by atoms with Crippen LogP contribution in [0.2, 0.25) is 10.0 Å². The van der Waals surface area contributed by atoms with Crippen LogP contribution in [-0.4, -0.2) is 18.5 Å². The van der Waals surface area contributed by atoms with Gasteiger partial charge in [0.15, 0.2) is 0 Å². The van der Waals surface area contributed by atoms with Crippen molar-refractivity contribution in [1.82, 2.24) is 10.6 Å². The van der Waals surface area contributed by atoms with Gasteiger partial charge in [0.2, 0.25) is 5.91 Å². The Morgan fingerprint density at radius 3 is 2.94 bits per heavy atom. The minimum atomic E-state index is -0.0546. The lowest BCUT2D eigenvalue weighted by atomic mass is 10.2. The third kappa shape index (κ3) is 3.35. The molecular formula is C12H14Cl2N2O. The maximum absolute atomic E-state index is 11.8. The molecule has 92 valence electrons. The molecule has 0 radical (unpaired) electrons. The molecule has 5 heteroatoms. The summed E-state index contributed by atoms with van der Waals surface area (Å²) in [4.78, 5) is 11.8. The van der Waals surface area contributed by atoms with E-state index in [1.165, 1.54) is 0 Å². The predicted molar refractivity (Wildman–Crippen MR) is 69.3 cm³/mol. The van der Waals surface area contributed by atoms with Crippen molar-refractivity contribution in [3.63, 3.8) is 0 Å². The molecule has 17 heavy (non-hydrogen) atoms. The minimum absolute atomic E-state index is 0.0357. The number of carbonyl (C=O) groups is 1. The van der Waals surface area contributed by atoms with Gasteiger partial charge >= 0.3 is 0 Å². The Morgan fingerprint density at radius 2 is 2.29 bits per heavy atom. The molecule has 0 saturated carbocycles. The average Bonchev–Trinajstić information content (AvgIpc) is 2.81. The fourth-order valence-electron chi connectivity index (χ4n) is 1.88. The molecule has 1 heterocycles. The molecule has 1 aromatic rings. The van der Waals surface area contributed by atoms with E-state index >= 15 is 0 Å². The Morgan fingerprint density at radius 1 is 1.47 bits per heavy atom. The van der Waals surface area contributed by atoms with Gasteiger partial charge in [0, 0.05) is 16.6 Å². The molecule has 2 rings (SSSR count). The molecule has 0 aliphatic carbocycles. The van der Waals surface area contributed by atoms with Crippen molar-refractivity contribution in [3.05, 3.63) is 33.8 Å². The number of carbonyl (C=O) groups excluding carboxylic acids is 1. The number of benzene rings is 1. The minimum Gasteiger partial charge on any atom is -0.351 e. The average molecular weight is 273 g/mol. The van der Waals surface area contributed by atoms with E-state index < -0.39 is 0 Å². The van der Waals surface area contributed by atoms with Crippen LogP contribution in [0.5, 0.6) is 0 Å². The maximum Gasteiger partial charge on any atom is 0.237 e. The van der Waals surface area contributed by atoms with Crippen molar-refractivity contribution in [2.24, 2.45) is 0 Å². The molecular weight excluding hydrogens is 259 g/mol. The molecule has 0 aromatic heterocycles. The molecule has 1 aliphatic rings. The molecule has 0 bridgehead atoms. The van der Waals surface area contributed by atoms with Crippen LogP contribution >= 0.6 is 23.2 Å². The highest BCUT2D eigenvalue weighted by molar-refractivity contribution is 6.35. The molecule has 1 aliphatic heterocycles. The van der Waals surface area contributed by atoms with Gasteiger partial charge in [-0.3, -0.25) is 4.79 Å². The number of rotatable bonds is 3. The first-order chi connectivity index (χ1) is 8.16. The first kappa shape index (κ1) is 12.7. The second-order valence-electron chi connectivity index (χ2n) is 4.10. The Kier molecular flexibility index (Phi) is 4.26. The summed E-state index contributed by atoms with van der Waals surface area (Å²) in [6.45, 7) is 1.35. The molecule has 1 saturated heterocycles. The summed E-state index contributed by atoms with van der Waals surface area (Å²) in [5.41, 5.74) is 0.877. The van der Waals surface area contributed by atoms with Crippen molar-refractivity contribution in [2.45, 2.75) is 25.4 Å². The SMILES string of the molecule is O=C(NCc1ccc(Cl)cc1Cl)C1CCCN1. The first-order valence-electron chi connectivity index (χ1n) is 5.62. The lowest BCUT2D eigenvalue weighted by Crippen LogP contribution is -2.40. The summed E-state index contributed by atoms with van der Waals surface area (Å²) >= 11 is 11.8. The fraction of sp³-hybridized carbons (Fsp3) is 0.417. The van der Waals surface area contributed by atoms with E-state index in [9.17, 15) is 4.79 Å². The van der Waals surface area contributed by atoms with Crippen molar-refractivity contribution in [3.8, 4) is 0 Å². The number of halogens is 2. The summed E-state index contributed by atoms with van der Waals surface area (Å²) in [7, 11) is 0. The zero-order valence-corrected chi connectivity index (χ0v) is 10.8. The normalized spacial score (nSPS) is 19.3. The van der Waals surface area contributed by atoms with Crippen molar-refractivity contribution in [2.75, 3.05) is 6.54 Å². The number of amides is 1. The van der Waals surface area contributed by atoms with Crippen LogP contribution in [0.3, 0.4) is 0 Å². The Bertz CT molecular complexity index is 417. The van der Waals surface area contributed by atoms with Crippen LogP contribution < -0.4 is 10.6 Å². The van der Waals surface area contributed by atoms with E-state index in [1.807, 2.05) is 6.07 Å². The van der Waals surface area contributed by atoms with Crippen molar-refractivity contribution in [1.29, 1.82) is 0 Å². The number of nitrogens with one attached hydrogen (secondary N) is 2. The topological polar surface area (TPSA) is 41.1 Å². The van der Waals surface area contributed by atoms with Crippen LogP contribution in [0, 0.1) is 0 Å². The molecule has 1 amide bonds. The third-order valence-corrected chi connectivity index (χ3v) is 3.43. The van der Waals surface area contributed by atoms with Gasteiger partial charge < -0.3 is 10.6 Å². The summed E-state index contributed by atoms with van der Waals surface area (Å²) in [5.74, 6) is 0.0357. The molecule has 1 unspecified atom stereocenters. The van der Waals surface area contributed by atoms with Crippen molar-refractivity contribution >= 4 is 29.1 Å². The standard InChI is InChI=1S/C12H14Cl2N2O/c13-9-4-3-8(10(14)6-9)7-16-12(17)11-2-1-5-15-11/h3-4,6,11,15H,1-2,5,7H2,(H,16,17). The largest absolute Gasteiger partial charge is 0.351 e. The van der Waals surface area contributed by atoms with Gasteiger partial charge in [-0.2, -0.15) is 0 Å². The van der Waals surface area contributed by atoms with E-state index in [4.69, 9.17) is 23.2 Å². The van der Waals surface area contributed by atoms with Gasteiger partial charge in [0.05, 0.1) is 6.04 Å². The van der Waals surface area contributed by atoms with E-state index in [2.05, 4.69) is 10.6 Å². The smallest absolute Gasteiger partial charge is 0.237 e. The first-order valence-corrected chi connectivity index (χ1v) is 6.37. The highest BCUT2D eigenvalue weighted by atomic mass is 35.5. The molecule has 2 N–H and O–H groups in total. The Balaban J connectivity index is 1.90. The number of hydrogen-bond acceptors (Lipinski definition) is 2. The predicted octanol–water partition coefficient (Wildman–Crippen LogP) is 2.36. The van der Waals surface area contributed by atoms with Gasteiger partial charge in [0.25, 0.3) is 0 Å². The Hall–Kier alpha value is -0.770. The van der Waals surface area contributed by atoms with Crippen LogP contribution in [-0.2, 0) is 11.3 Å². The van der Waals surface area contributed by atoms with Gasteiger partial charge in [-0.15, -0.1) is 0 Å². The quantitative estimate of drug-likeness (QED) is 0.887. The highest BCUT2D eigenvalue weighted by Gasteiger charge is 2.21. The van der Waals surface area contributed by atoms with Gasteiger partial charge in [-0.25, -0.2) is 0 Å².